The van der Waals surface area contributed by atoms with Gasteiger partial charge in [-0.3, -0.25) is 9.59 Å². The lowest BCUT2D eigenvalue weighted by Gasteiger charge is -2.62. The van der Waals surface area contributed by atoms with Crippen LogP contribution in [0.5, 0.6) is 0 Å². The van der Waals surface area contributed by atoms with Gasteiger partial charge in [-0.15, -0.1) is 0 Å². The van der Waals surface area contributed by atoms with Gasteiger partial charge in [-0.25, -0.2) is 4.39 Å². The molecule has 1 spiro atoms. The standard InChI is InChI=1S/C22H29FO3/c1-10-8-16(24)19-22(26-19)12(3)11(2)17-13(21(10,22)5)6-7-20(4)14(17)9-15(23)18(20)25/h10,12-15,17,19H,2,6-9H2,1,3-5H3/t10-,12-,13+,14+,15-,17-,19?,20+,21-,22?/m1/s1. The van der Waals surface area contributed by atoms with Crippen molar-refractivity contribution in [1.29, 1.82) is 0 Å². The van der Waals surface area contributed by atoms with Crippen LogP contribution in [0.3, 0.4) is 0 Å². The first-order chi connectivity index (χ1) is 12.1. The number of Topliss-reactive ketones (excluding diaryl/α,β-unsaturated/α-hetero) is 2. The molecule has 5 fully saturated rings. The molecule has 1 heterocycles. The van der Waals surface area contributed by atoms with Crippen LogP contribution < -0.4 is 0 Å². The van der Waals surface area contributed by atoms with Crippen molar-refractivity contribution < 1.29 is 18.7 Å². The topological polar surface area (TPSA) is 46.7 Å². The largest absolute Gasteiger partial charge is 0.356 e. The molecule has 142 valence electrons. The second-order valence-corrected chi connectivity index (χ2v) is 10.2. The Balaban J connectivity index is 1.64. The van der Waals surface area contributed by atoms with Crippen LogP contribution in [0, 0.1) is 40.4 Å². The molecule has 3 nitrogen and oxygen atoms in total. The van der Waals surface area contributed by atoms with Crippen LogP contribution in [0.2, 0.25) is 0 Å². The van der Waals surface area contributed by atoms with Crippen molar-refractivity contribution in [3.05, 3.63) is 12.2 Å². The van der Waals surface area contributed by atoms with E-state index in [4.69, 9.17) is 4.74 Å². The van der Waals surface area contributed by atoms with Crippen LogP contribution in [0.4, 0.5) is 4.39 Å². The minimum atomic E-state index is -1.33. The summed E-state index contributed by atoms with van der Waals surface area (Å²) in [6, 6.07) is 0. The molecule has 4 saturated carbocycles. The van der Waals surface area contributed by atoms with Crippen molar-refractivity contribution >= 4 is 11.6 Å². The van der Waals surface area contributed by atoms with Crippen molar-refractivity contribution in [2.75, 3.05) is 0 Å². The minimum Gasteiger partial charge on any atom is -0.356 e. The Hall–Kier alpha value is -1.03. The van der Waals surface area contributed by atoms with E-state index in [2.05, 4.69) is 27.4 Å². The van der Waals surface area contributed by atoms with E-state index in [1.807, 2.05) is 6.92 Å². The highest BCUT2D eigenvalue weighted by Crippen LogP contribution is 2.75. The summed E-state index contributed by atoms with van der Waals surface area (Å²) < 4.78 is 20.7. The number of hydrogen-bond acceptors (Lipinski definition) is 3. The van der Waals surface area contributed by atoms with Crippen molar-refractivity contribution in [2.24, 2.45) is 40.4 Å². The monoisotopic (exact) mass is 360 g/mol. The second-order valence-electron chi connectivity index (χ2n) is 10.2. The van der Waals surface area contributed by atoms with Gasteiger partial charge in [-0.1, -0.05) is 39.8 Å². The van der Waals surface area contributed by atoms with Crippen LogP contribution in [0.25, 0.3) is 0 Å². The van der Waals surface area contributed by atoms with E-state index in [0.29, 0.717) is 18.8 Å². The molecule has 0 amide bonds. The number of epoxide rings is 1. The number of rotatable bonds is 0. The zero-order valence-corrected chi connectivity index (χ0v) is 16.2. The predicted octanol–water partition coefficient (Wildman–Crippen LogP) is 3.90. The Bertz CT molecular complexity index is 746. The second kappa shape index (κ2) is 4.68. The zero-order valence-electron chi connectivity index (χ0n) is 16.2. The Morgan fingerprint density at radius 3 is 2.58 bits per heavy atom. The molecular weight excluding hydrogens is 331 g/mol. The first-order valence-corrected chi connectivity index (χ1v) is 10.2. The van der Waals surface area contributed by atoms with Crippen LogP contribution in [-0.4, -0.2) is 29.4 Å². The number of carbonyl (C=O) groups is 2. The fourth-order valence-electron chi connectivity index (χ4n) is 7.98. The molecule has 0 aromatic carbocycles. The minimum absolute atomic E-state index is 0.0369. The molecule has 5 aliphatic rings. The summed E-state index contributed by atoms with van der Waals surface area (Å²) in [7, 11) is 0. The van der Waals surface area contributed by atoms with Gasteiger partial charge in [0.05, 0.1) is 0 Å². The molecular formula is C22H29FO3. The van der Waals surface area contributed by atoms with Gasteiger partial charge in [0.15, 0.2) is 17.7 Å². The number of hydrogen-bond donors (Lipinski definition) is 0. The number of carbonyl (C=O) groups excluding carboxylic acids is 2. The number of halogens is 1. The molecule has 5 rings (SSSR count). The number of ketones is 2. The van der Waals surface area contributed by atoms with E-state index in [1.165, 1.54) is 0 Å². The first-order valence-electron chi connectivity index (χ1n) is 10.2. The molecule has 10 atom stereocenters. The number of alkyl halides is 1. The SMILES string of the molecule is C=C1[C@@H]2[C@H](CC[C@]3(C)C(=O)[C@H](F)C[C@@H]23)[C@@]2(C)[C@H](C)CC(=O)C3OC32[C@@H]1C. The van der Waals surface area contributed by atoms with E-state index in [0.717, 1.165) is 18.4 Å². The van der Waals surface area contributed by atoms with Crippen molar-refractivity contribution in [1.82, 2.24) is 0 Å². The van der Waals surface area contributed by atoms with Gasteiger partial charge in [-0.05, 0) is 42.9 Å². The van der Waals surface area contributed by atoms with E-state index >= 15 is 0 Å². The van der Waals surface area contributed by atoms with Gasteiger partial charge in [0.1, 0.15) is 11.7 Å². The fraction of sp³-hybridized carbons (Fsp3) is 0.818. The Morgan fingerprint density at radius 1 is 1.19 bits per heavy atom. The van der Waals surface area contributed by atoms with Gasteiger partial charge < -0.3 is 4.74 Å². The summed E-state index contributed by atoms with van der Waals surface area (Å²) in [6.45, 7) is 13.0. The highest BCUT2D eigenvalue weighted by Gasteiger charge is 2.81. The van der Waals surface area contributed by atoms with Gasteiger partial charge in [-0.2, -0.15) is 0 Å². The molecule has 0 radical (unpaired) electrons. The summed E-state index contributed by atoms with van der Waals surface area (Å²) in [4.78, 5) is 25.1. The van der Waals surface area contributed by atoms with Crippen LogP contribution in [-0.2, 0) is 14.3 Å². The molecule has 4 aliphatic carbocycles. The lowest BCUT2D eigenvalue weighted by Crippen LogP contribution is -2.64. The fourth-order valence-corrected chi connectivity index (χ4v) is 7.98. The van der Waals surface area contributed by atoms with E-state index in [-0.39, 0.29) is 46.8 Å². The van der Waals surface area contributed by atoms with Gasteiger partial charge in [0.25, 0.3) is 0 Å². The maximum Gasteiger partial charge on any atom is 0.173 e. The lowest BCUT2D eigenvalue weighted by atomic mass is 9.40. The zero-order chi connectivity index (χ0) is 18.8. The smallest absolute Gasteiger partial charge is 0.173 e. The maximum atomic E-state index is 14.4. The Morgan fingerprint density at radius 2 is 1.88 bits per heavy atom. The van der Waals surface area contributed by atoms with Crippen molar-refractivity contribution in [3.8, 4) is 0 Å². The van der Waals surface area contributed by atoms with Crippen LogP contribution in [0.1, 0.15) is 53.4 Å². The summed E-state index contributed by atoms with van der Waals surface area (Å²) in [5.41, 5.74) is -0.00219. The molecule has 4 heteroatoms. The molecule has 0 N–H and O–H groups in total. The lowest BCUT2D eigenvalue weighted by molar-refractivity contribution is -0.146. The van der Waals surface area contributed by atoms with Gasteiger partial charge >= 0.3 is 0 Å². The molecule has 1 aliphatic heterocycles. The predicted molar refractivity (Wildman–Crippen MR) is 95.1 cm³/mol. The Kier molecular flexibility index (Phi) is 3.08. The first kappa shape index (κ1) is 17.1. The van der Waals surface area contributed by atoms with Crippen molar-refractivity contribution in [2.45, 2.75) is 71.3 Å². The third-order valence-corrected chi connectivity index (χ3v) is 9.68. The average Bonchev–Trinajstić information content (AvgIpc) is 3.31. The molecule has 0 bridgehead atoms. The van der Waals surface area contributed by atoms with E-state index in [9.17, 15) is 14.0 Å². The summed E-state index contributed by atoms with van der Waals surface area (Å²) >= 11 is 0. The summed E-state index contributed by atoms with van der Waals surface area (Å²) in [5.74, 6) is 0.851. The van der Waals surface area contributed by atoms with Gasteiger partial charge in [0, 0.05) is 23.2 Å². The normalized spacial score (nSPS) is 60.8. The number of ether oxygens (including phenoxy) is 1. The van der Waals surface area contributed by atoms with Crippen LogP contribution in [0.15, 0.2) is 12.2 Å². The number of fused-ring (bicyclic) bond motifs is 4. The molecule has 26 heavy (non-hydrogen) atoms. The van der Waals surface area contributed by atoms with Crippen LogP contribution >= 0.6 is 0 Å². The van der Waals surface area contributed by atoms with Crippen molar-refractivity contribution in [3.63, 3.8) is 0 Å². The third kappa shape index (κ3) is 1.54. The summed E-state index contributed by atoms with van der Waals surface area (Å²) in [5, 5.41) is 0. The highest BCUT2D eigenvalue weighted by atomic mass is 19.1. The van der Waals surface area contributed by atoms with E-state index < -0.39 is 17.2 Å². The maximum absolute atomic E-state index is 14.4. The molecule has 0 aromatic rings. The van der Waals surface area contributed by atoms with Gasteiger partial charge in [0.2, 0.25) is 0 Å². The summed E-state index contributed by atoms with van der Waals surface area (Å²) in [6.07, 6.45) is 0.932. The third-order valence-electron chi connectivity index (χ3n) is 9.68. The molecule has 2 unspecified atom stereocenters. The quantitative estimate of drug-likeness (QED) is 0.486. The Labute approximate surface area is 154 Å². The average molecular weight is 360 g/mol. The highest BCUT2D eigenvalue weighted by molar-refractivity contribution is 5.92. The molecule has 1 saturated heterocycles. The molecule has 0 aromatic heterocycles. The van der Waals surface area contributed by atoms with E-state index in [1.54, 1.807) is 0 Å².